The fraction of sp³-hybridized carbons (Fsp3) is 0.118. The maximum atomic E-state index is 12.3. The molecule has 0 radical (unpaired) electrons. The maximum absolute atomic E-state index is 12.3. The fourth-order valence-corrected chi connectivity index (χ4v) is 2.20. The van der Waals surface area contributed by atoms with Gasteiger partial charge >= 0.3 is 0 Å². The first-order chi connectivity index (χ1) is 10.2. The van der Waals surface area contributed by atoms with E-state index in [0.717, 1.165) is 9.26 Å². The first-order valence-electron chi connectivity index (χ1n) is 6.55. The fourth-order valence-electron chi connectivity index (χ4n) is 1.84. The molecule has 0 N–H and O–H groups in total. The van der Waals surface area contributed by atoms with Gasteiger partial charge < -0.3 is 9.64 Å². The smallest absolute Gasteiger partial charge is 0.265 e. The van der Waals surface area contributed by atoms with Crippen molar-refractivity contribution < 1.29 is 9.53 Å². The van der Waals surface area contributed by atoms with Crippen molar-refractivity contribution >= 4 is 34.2 Å². The Morgan fingerprint density at radius 2 is 1.81 bits per heavy atom. The van der Waals surface area contributed by atoms with Crippen LogP contribution in [-0.4, -0.2) is 19.1 Å². The molecule has 0 saturated carbocycles. The molecule has 0 bridgehead atoms. The normalized spacial score (nSPS) is 9.95. The number of carbonyl (C=O) groups is 1. The second-order valence-electron chi connectivity index (χ2n) is 4.37. The Morgan fingerprint density at radius 1 is 1.14 bits per heavy atom. The van der Waals surface area contributed by atoms with Gasteiger partial charge in [0.05, 0.1) is 0 Å². The van der Waals surface area contributed by atoms with Gasteiger partial charge in [0.25, 0.3) is 5.91 Å². The molecule has 0 atom stereocenters. The Kier molecular flexibility index (Phi) is 5.80. The van der Waals surface area contributed by atoms with E-state index in [4.69, 9.17) is 4.74 Å². The zero-order valence-corrected chi connectivity index (χ0v) is 13.7. The van der Waals surface area contributed by atoms with Crippen molar-refractivity contribution in [3.8, 4) is 5.75 Å². The molecule has 21 heavy (non-hydrogen) atoms. The SMILES string of the molecule is C=CCN(C(=O)COc1ccc(I)cc1)c1ccccc1. The molecule has 2 aromatic rings. The first-order valence-corrected chi connectivity index (χ1v) is 7.63. The third kappa shape index (κ3) is 4.60. The summed E-state index contributed by atoms with van der Waals surface area (Å²) in [6.45, 7) is 4.16. The Bertz CT molecular complexity index is 596. The summed E-state index contributed by atoms with van der Waals surface area (Å²) in [5, 5.41) is 0. The Hall–Kier alpha value is -1.82. The van der Waals surface area contributed by atoms with Gasteiger partial charge in [-0.1, -0.05) is 24.3 Å². The van der Waals surface area contributed by atoms with Crippen LogP contribution >= 0.6 is 22.6 Å². The van der Waals surface area contributed by atoms with Crippen LogP contribution in [0.4, 0.5) is 5.69 Å². The quantitative estimate of drug-likeness (QED) is 0.551. The molecule has 0 spiro atoms. The topological polar surface area (TPSA) is 29.5 Å². The predicted octanol–water partition coefficient (Wildman–Crippen LogP) is 3.89. The molecule has 108 valence electrons. The van der Waals surface area contributed by atoms with E-state index < -0.39 is 0 Å². The average molecular weight is 393 g/mol. The number of ether oxygens (including phenoxy) is 1. The molecule has 0 aliphatic heterocycles. The second kappa shape index (κ2) is 7.83. The van der Waals surface area contributed by atoms with Crippen molar-refractivity contribution in [2.45, 2.75) is 0 Å². The summed E-state index contributed by atoms with van der Waals surface area (Å²) in [6.07, 6.45) is 1.70. The number of anilines is 1. The number of hydrogen-bond donors (Lipinski definition) is 0. The van der Waals surface area contributed by atoms with Crippen LogP contribution in [0.25, 0.3) is 0 Å². The highest BCUT2D eigenvalue weighted by Gasteiger charge is 2.14. The number of halogens is 1. The van der Waals surface area contributed by atoms with Crippen LogP contribution in [0.2, 0.25) is 0 Å². The lowest BCUT2D eigenvalue weighted by molar-refractivity contribution is -0.120. The van der Waals surface area contributed by atoms with Crippen molar-refractivity contribution in [3.05, 3.63) is 70.8 Å². The van der Waals surface area contributed by atoms with E-state index >= 15 is 0 Å². The highest BCUT2D eigenvalue weighted by molar-refractivity contribution is 14.1. The van der Waals surface area contributed by atoms with Gasteiger partial charge in [-0.15, -0.1) is 6.58 Å². The van der Waals surface area contributed by atoms with Gasteiger partial charge in [-0.2, -0.15) is 0 Å². The molecule has 0 heterocycles. The van der Waals surface area contributed by atoms with Crippen LogP contribution in [0.1, 0.15) is 0 Å². The number of amides is 1. The van der Waals surface area contributed by atoms with E-state index in [1.54, 1.807) is 11.0 Å². The lowest BCUT2D eigenvalue weighted by atomic mass is 10.3. The Morgan fingerprint density at radius 3 is 2.43 bits per heavy atom. The van der Waals surface area contributed by atoms with Crippen molar-refractivity contribution in [2.75, 3.05) is 18.1 Å². The minimum Gasteiger partial charge on any atom is -0.484 e. The van der Waals surface area contributed by atoms with Gasteiger partial charge in [0.15, 0.2) is 6.61 Å². The maximum Gasteiger partial charge on any atom is 0.265 e. The summed E-state index contributed by atoms with van der Waals surface area (Å²) >= 11 is 2.23. The summed E-state index contributed by atoms with van der Waals surface area (Å²) in [5.74, 6) is 0.593. The van der Waals surface area contributed by atoms with E-state index in [0.29, 0.717) is 12.3 Å². The molecule has 0 fully saturated rings. The molecule has 0 aliphatic carbocycles. The second-order valence-corrected chi connectivity index (χ2v) is 5.62. The summed E-state index contributed by atoms with van der Waals surface area (Å²) in [6, 6.07) is 17.1. The van der Waals surface area contributed by atoms with Crippen molar-refractivity contribution in [3.63, 3.8) is 0 Å². The van der Waals surface area contributed by atoms with E-state index in [-0.39, 0.29) is 12.5 Å². The number of rotatable bonds is 6. The standard InChI is InChI=1S/C17H16INO2/c1-2-12-19(15-6-4-3-5-7-15)17(20)13-21-16-10-8-14(18)9-11-16/h2-11H,1,12-13H2. The molecule has 0 unspecified atom stereocenters. The van der Waals surface area contributed by atoms with Crippen LogP contribution in [-0.2, 0) is 4.79 Å². The van der Waals surface area contributed by atoms with E-state index in [9.17, 15) is 4.79 Å². The van der Waals surface area contributed by atoms with Gasteiger partial charge in [0.2, 0.25) is 0 Å². The molecular formula is C17H16INO2. The van der Waals surface area contributed by atoms with Gasteiger partial charge in [0.1, 0.15) is 5.75 Å². The third-order valence-electron chi connectivity index (χ3n) is 2.86. The summed E-state index contributed by atoms with van der Waals surface area (Å²) in [7, 11) is 0. The Labute approximate surface area is 138 Å². The molecular weight excluding hydrogens is 377 g/mol. The van der Waals surface area contributed by atoms with Crippen molar-refractivity contribution in [1.29, 1.82) is 0 Å². The van der Waals surface area contributed by atoms with Crippen LogP contribution in [0.3, 0.4) is 0 Å². The van der Waals surface area contributed by atoms with Crippen molar-refractivity contribution in [1.82, 2.24) is 0 Å². The monoisotopic (exact) mass is 393 g/mol. The van der Waals surface area contributed by atoms with E-state index in [2.05, 4.69) is 29.2 Å². The van der Waals surface area contributed by atoms with Gasteiger partial charge in [-0.25, -0.2) is 0 Å². The highest BCUT2D eigenvalue weighted by Crippen LogP contribution is 2.16. The highest BCUT2D eigenvalue weighted by atomic mass is 127. The minimum absolute atomic E-state index is 0.00330. The molecule has 4 heteroatoms. The average Bonchev–Trinajstić information content (AvgIpc) is 2.52. The molecule has 2 aromatic carbocycles. The van der Waals surface area contributed by atoms with Crippen LogP contribution in [0.15, 0.2) is 67.3 Å². The van der Waals surface area contributed by atoms with Crippen LogP contribution < -0.4 is 9.64 Å². The molecule has 0 aliphatic rings. The lowest BCUT2D eigenvalue weighted by Crippen LogP contribution is -2.35. The first kappa shape index (κ1) is 15.6. The zero-order valence-electron chi connectivity index (χ0n) is 11.5. The predicted molar refractivity (Wildman–Crippen MR) is 93.6 cm³/mol. The Balaban J connectivity index is 2.02. The van der Waals surface area contributed by atoms with E-state index in [1.807, 2.05) is 54.6 Å². The largest absolute Gasteiger partial charge is 0.484 e. The summed E-state index contributed by atoms with van der Waals surface area (Å²) in [4.78, 5) is 14.0. The number of carbonyl (C=O) groups excluding carboxylic acids is 1. The molecule has 2 rings (SSSR count). The molecule has 1 amide bonds. The third-order valence-corrected chi connectivity index (χ3v) is 3.58. The van der Waals surface area contributed by atoms with E-state index in [1.165, 1.54) is 0 Å². The molecule has 0 saturated heterocycles. The summed E-state index contributed by atoms with van der Waals surface area (Å²) in [5.41, 5.74) is 0.841. The lowest BCUT2D eigenvalue weighted by Gasteiger charge is -2.21. The zero-order chi connectivity index (χ0) is 15.1. The molecule has 3 nitrogen and oxygen atoms in total. The number of nitrogens with zero attached hydrogens (tertiary/aromatic N) is 1. The summed E-state index contributed by atoms with van der Waals surface area (Å²) < 4.78 is 6.67. The van der Waals surface area contributed by atoms with Gasteiger partial charge in [0, 0.05) is 15.8 Å². The molecule has 0 aromatic heterocycles. The van der Waals surface area contributed by atoms with Crippen LogP contribution in [0.5, 0.6) is 5.75 Å². The number of hydrogen-bond acceptors (Lipinski definition) is 2. The van der Waals surface area contributed by atoms with Crippen LogP contribution in [0, 0.1) is 3.57 Å². The minimum atomic E-state index is -0.0975. The number of para-hydroxylation sites is 1. The van der Waals surface area contributed by atoms with Gasteiger partial charge in [-0.3, -0.25) is 4.79 Å². The van der Waals surface area contributed by atoms with Crippen molar-refractivity contribution in [2.24, 2.45) is 0 Å². The van der Waals surface area contributed by atoms with Gasteiger partial charge in [-0.05, 0) is 59.0 Å². The number of benzene rings is 2.